The van der Waals surface area contributed by atoms with Gasteiger partial charge in [-0.1, -0.05) is 12.8 Å². The average molecular weight is 340 g/mol. The van der Waals surface area contributed by atoms with Crippen molar-refractivity contribution in [2.75, 3.05) is 31.6 Å². The van der Waals surface area contributed by atoms with Gasteiger partial charge in [-0.2, -0.15) is 4.31 Å². The molecule has 0 aromatic heterocycles. The minimum absolute atomic E-state index is 0.239. The maximum absolute atomic E-state index is 12.7. The number of sulfonamides is 1. The van der Waals surface area contributed by atoms with Gasteiger partial charge in [0.15, 0.2) is 0 Å². The molecule has 1 saturated heterocycles. The average Bonchev–Trinajstić information content (AvgIpc) is 2.85. The Bertz CT molecular complexity index is 550. The van der Waals surface area contributed by atoms with Gasteiger partial charge < -0.3 is 10.4 Å². The summed E-state index contributed by atoms with van der Waals surface area (Å²) in [6.07, 6.45) is 6.95. The summed E-state index contributed by atoms with van der Waals surface area (Å²) in [4.78, 5) is 0.380. The lowest BCUT2D eigenvalue weighted by atomic mass is 10.2. The van der Waals surface area contributed by atoms with Gasteiger partial charge in [0, 0.05) is 31.9 Å². The molecule has 1 heterocycles. The lowest BCUT2D eigenvalue weighted by Gasteiger charge is -2.20. The maximum Gasteiger partial charge on any atom is 0.243 e. The first kappa shape index (κ1) is 18.2. The number of hydrogen-bond donors (Lipinski definition) is 2. The SMILES string of the molecule is O=S(=O)(c1ccc(NCCCCCO)cc1)N1CCCCCC1. The van der Waals surface area contributed by atoms with E-state index < -0.39 is 10.0 Å². The van der Waals surface area contributed by atoms with Crippen LogP contribution in [0.3, 0.4) is 0 Å². The van der Waals surface area contributed by atoms with Crippen LogP contribution in [0.15, 0.2) is 29.2 Å². The van der Waals surface area contributed by atoms with Gasteiger partial charge in [0.1, 0.15) is 0 Å². The second-order valence-electron chi connectivity index (χ2n) is 6.05. The molecule has 0 radical (unpaired) electrons. The predicted molar refractivity (Wildman–Crippen MR) is 93.1 cm³/mol. The van der Waals surface area contributed by atoms with E-state index in [0.29, 0.717) is 18.0 Å². The Hall–Kier alpha value is -1.11. The molecule has 0 unspecified atom stereocenters. The van der Waals surface area contributed by atoms with E-state index in [-0.39, 0.29) is 6.61 Å². The van der Waals surface area contributed by atoms with Crippen LogP contribution in [0, 0.1) is 0 Å². The fourth-order valence-electron chi connectivity index (χ4n) is 2.82. The number of nitrogens with one attached hydrogen (secondary N) is 1. The lowest BCUT2D eigenvalue weighted by molar-refractivity contribution is 0.283. The Balaban J connectivity index is 1.92. The zero-order chi connectivity index (χ0) is 16.5. The van der Waals surface area contributed by atoms with E-state index in [4.69, 9.17) is 5.11 Å². The third kappa shape index (κ3) is 5.48. The molecule has 1 aromatic carbocycles. The number of nitrogens with zero attached hydrogens (tertiary/aromatic N) is 1. The minimum Gasteiger partial charge on any atom is -0.396 e. The second-order valence-corrected chi connectivity index (χ2v) is 7.99. The summed E-state index contributed by atoms with van der Waals surface area (Å²) in [6, 6.07) is 7.04. The fraction of sp³-hybridized carbons (Fsp3) is 0.647. The number of benzene rings is 1. The van der Waals surface area contributed by atoms with E-state index in [9.17, 15) is 8.42 Å². The number of aliphatic hydroxyl groups excluding tert-OH is 1. The minimum atomic E-state index is -3.36. The first-order valence-electron chi connectivity index (χ1n) is 8.59. The van der Waals surface area contributed by atoms with Crippen molar-refractivity contribution in [1.82, 2.24) is 4.31 Å². The summed E-state index contributed by atoms with van der Waals surface area (Å²) in [5.41, 5.74) is 0.934. The van der Waals surface area contributed by atoms with Crippen molar-refractivity contribution in [2.24, 2.45) is 0 Å². The molecular weight excluding hydrogens is 312 g/mol. The Kier molecular flexibility index (Phi) is 7.33. The molecule has 2 rings (SSSR count). The van der Waals surface area contributed by atoms with Crippen molar-refractivity contribution in [3.05, 3.63) is 24.3 Å². The molecule has 0 spiro atoms. The summed E-state index contributed by atoms with van der Waals surface area (Å²) >= 11 is 0. The molecule has 23 heavy (non-hydrogen) atoms. The van der Waals surface area contributed by atoms with Crippen LogP contribution in [0.25, 0.3) is 0 Å². The zero-order valence-electron chi connectivity index (χ0n) is 13.7. The predicted octanol–water partition coefficient (Wildman–Crippen LogP) is 2.83. The van der Waals surface area contributed by atoms with E-state index in [2.05, 4.69) is 5.32 Å². The third-order valence-electron chi connectivity index (χ3n) is 4.22. The molecule has 1 aromatic rings. The molecule has 5 nitrogen and oxygen atoms in total. The van der Waals surface area contributed by atoms with Gasteiger partial charge >= 0.3 is 0 Å². The first-order valence-corrected chi connectivity index (χ1v) is 10.0. The zero-order valence-corrected chi connectivity index (χ0v) is 14.5. The highest BCUT2D eigenvalue weighted by atomic mass is 32.2. The molecule has 0 atom stereocenters. The molecule has 0 bridgehead atoms. The fourth-order valence-corrected chi connectivity index (χ4v) is 4.34. The van der Waals surface area contributed by atoms with E-state index in [1.54, 1.807) is 16.4 Å². The highest BCUT2D eigenvalue weighted by Crippen LogP contribution is 2.21. The monoisotopic (exact) mass is 340 g/mol. The van der Waals surface area contributed by atoms with Crippen molar-refractivity contribution in [3.63, 3.8) is 0 Å². The van der Waals surface area contributed by atoms with Crippen LogP contribution in [0.1, 0.15) is 44.9 Å². The summed E-state index contributed by atoms with van der Waals surface area (Å²) in [7, 11) is -3.36. The molecule has 1 fully saturated rings. The number of anilines is 1. The van der Waals surface area contributed by atoms with Gasteiger partial charge in [-0.3, -0.25) is 0 Å². The molecular formula is C17H28N2O3S. The number of aliphatic hydroxyl groups is 1. The van der Waals surface area contributed by atoms with Crippen LogP contribution in [0.5, 0.6) is 0 Å². The topological polar surface area (TPSA) is 69.6 Å². The third-order valence-corrected chi connectivity index (χ3v) is 6.13. The van der Waals surface area contributed by atoms with E-state index in [1.165, 1.54) is 0 Å². The smallest absolute Gasteiger partial charge is 0.243 e. The van der Waals surface area contributed by atoms with Crippen LogP contribution >= 0.6 is 0 Å². The van der Waals surface area contributed by atoms with E-state index >= 15 is 0 Å². The summed E-state index contributed by atoms with van der Waals surface area (Å²) in [6.45, 7) is 2.33. The van der Waals surface area contributed by atoms with Gasteiger partial charge in [0.2, 0.25) is 10.0 Å². The van der Waals surface area contributed by atoms with Crippen molar-refractivity contribution in [2.45, 2.75) is 49.8 Å². The Morgan fingerprint density at radius 3 is 2.22 bits per heavy atom. The van der Waals surface area contributed by atoms with Crippen molar-refractivity contribution < 1.29 is 13.5 Å². The molecule has 0 amide bonds. The molecule has 1 aliphatic rings. The van der Waals surface area contributed by atoms with Crippen LogP contribution < -0.4 is 5.32 Å². The highest BCUT2D eigenvalue weighted by molar-refractivity contribution is 7.89. The van der Waals surface area contributed by atoms with Crippen LogP contribution in [-0.4, -0.2) is 44.1 Å². The van der Waals surface area contributed by atoms with Crippen LogP contribution in [0.4, 0.5) is 5.69 Å². The van der Waals surface area contributed by atoms with Gasteiger partial charge in [0.05, 0.1) is 4.90 Å². The summed E-state index contributed by atoms with van der Waals surface area (Å²) in [5.74, 6) is 0. The number of rotatable bonds is 8. The Morgan fingerprint density at radius 2 is 1.61 bits per heavy atom. The first-order chi connectivity index (χ1) is 11.1. The van der Waals surface area contributed by atoms with Crippen LogP contribution in [0.2, 0.25) is 0 Å². The number of hydrogen-bond acceptors (Lipinski definition) is 4. The largest absolute Gasteiger partial charge is 0.396 e. The second kappa shape index (κ2) is 9.25. The van der Waals surface area contributed by atoms with Gasteiger partial charge in [-0.15, -0.1) is 0 Å². The molecule has 6 heteroatoms. The Morgan fingerprint density at radius 1 is 0.957 bits per heavy atom. The highest BCUT2D eigenvalue weighted by Gasteiger charge is 2.24. The molecule has 0 aliphatic carbocycles. The molecule has 0 saturated carbocycles. The summed E-state index contributed by atoms with van der Waals surface area (Å²) in [5, 5.41) is 12.0. The van der Waals surface area contributed by atoms with Gasteiger partial charge in [-0.25, -0.2) is 8.42 Å². The molecule has 2 N–H and O–H groups in total. The maximum atomic E-state index is 12.7. The van der Waals surface area contributed by atoms with Crippen molar-refractivity contribution in [3.8, 4) is 0 Å². The van der Waals surface area contributed by atoms with Crippen molar-refractivity contribution >= 4 is 15.7 Å². The standard InChI is InChI=1S/C17H28N2O3S/c20-15-7-3-4-12-18-16-8-10-17(11-9-16)23(21,22)19-13-5-1-2-6-14-19/h8-11,18,20H,1-7,12-15H2. The van der Waals surface area contributed by atoms with E-state index in [1.807, 2.05) is 12.1 Å². The van der Waals surface area contributed by atoms with Crippen molar-refractivity contribution in [1.29, 1.82) is 0 Å². The Labute approximate surface area is 139 Å². The molecule has 1 aliphatic heterocycles. The van der Waals surface area contributed by atoms with Crippen LogP contribution in [-0.2, 0) is 10.0 Å². The summed E-state index contributed by atoms with van der Waals surface area (Å²) < 4.78 is 27.0. The number of unbranched alkanes of at least 4 members (excludes halogenated alkanes) is 2. The molecule has 130 valence electrons. The van der Waals surface area contributed by atoms with E-state index in [0.717, 1.165) is 57.2 Å². The van der Waals surface area contributed by atoms with Gasteiger partial charge in [-0.05, 0) is 56.4 Å². The lowest BCUT2D eigenvalue weighted by Crippen LogP contribution is -2.31. The normalized spacial score (nSPS) is 16.9. The quantitative estimate of drug-likeness (QED) is 0.714. The van der Waals surface area contributed by atoms with Gasteiger partial charge in [0.25, 0.3) is 0 Å².